The van der Waals surface area contributed by atoms with E-state index in [1.807, 2.05) is 29.5 Å². The number of hydrogen-bond acceptors (Lipinski definition) is 2. The van der Waals surface area contributed by atoms with Crippen molar-refractivity contribution in [3.05, 3.63) is 33.1 Å². The standard InChI is InChI=1S/C15H19FINO3/c1-2-10(3-6-14(19)20)7-8-18-15(21)12-5-4-11(16)9-13(12)17/h4-5,9-10H,2-3,6-8H2,1H3,(H,18,21)(H,19,20). The highest BCUT2D eigenvalue weighted by Gasteiger charge is 2.12. The van der Waals surface area contributed by atoms with E-state index in [-0.39, 0.29) is 24.1 Å². The Morgan fingerprint density at radius 1 is 1.38 bits per heavy atom. The highest BCUT2D eigenvalue weighted by Crippen LogP contribution is 2.16. The second kappa shape index (κ2) is 8.96. The van der Waals surface area contributed by atoms with E-state index in [0.29, 0.717) is 22.1 Å². The molecule has 4 nitrogen and oxygen atoms in total. The smallest absolute Gasteiger partial charge is 0.303 e. The molecule has 1 atom stereocenters. The van der Waals surface area contributed by atoms with E-state index >= 15 is 0 Å². The summed E-state index contributed by atoms with van der Waals surface area (Å²) in [5.74, 6) is -1.10. The van der Waals surface area contributed by atoms with Gasteiger partial charge in [-0.2, -0.15) is 0 Å². The van der Waals surface area contributed by atoms with Crippen LogP contribution in [0, 0.1) is 15.3 Å². The van der Waals surface area contributed by atoms with Gasteiger partial charge in [-0.3, -0.25) is 9.59 Å². The first-order valence-corrected chi connectivity index (χ1v) is 7.97. The van der Waals surface area contributed by atoms with Crippen molar-refractivity contribution in [1.82, 2.24) is 5.32 Å². The van der Waals surface area contributed by atoms with E-state index in [1.54, 1.807) is 0 Å². The summed E-state index contributed by atoms with van der Waals surface area (Å²) in [4.78, 5) is 22.5. The lowest BCUT2D eigenvalue weighted by atomic mass is 9.96. The number of carbonyl (C=O) groups is 2. The predicted molar refractivity (Wildman–Crippen MR) is 86.7 cm³/mol. The fraction of sp³-hybridized carbons (Fsp3) is 0.467. The molecular weight excluding hydrogens is 388 g/mol. The first kappa shape index (κ1) is 17.9. The van der Waals surface area contributed by atoms with Gasteiger partial charge < -0.3 is 10.4 Å². The van der Waals surface area contributed by atoms with Crippen LogP contribution in [0.2, 0.25) is 0 Å². The number of carboxylic acid groups (broad SMARTS) is 1. The van der Waals surface area contributed by atoms with Crippen molar-refractivity contribution in [3.63, 3.8) is 0 Å². The maximum atomic E-state index is 13.0. The fourth-order valence-corrected chi connectivity index (χ4v) is 2.76. The number of halogens is 2. The molecule has 1 rings (SSSR count). The van der Waals surface area contributed by atoms with Crippen LogP contribution >= 0.6 is 22.6 Å². The highest BCUT2D eigenvalue weighted by atomic mass is 127. The number of aliphatic carboxylic acids is 1. The lowest BCUT2D eigenvalue weighted by Crippen LogP contribution is -2.26. The molecule has 1 amide bonds. The minimum absolute atomic E-state index is 0.155. The Hall–Kier alpha value is -1.18. The summed E-state index contributed by atoms with van der Waals surface area (Å²) in [5, 5.41) is 11.5. The zero-order valence-electron chi connectivity index (χ0n) is 11.9. The van der Waals surface area contributed by atoms with E-state index in [0.717, 1.165) is 12.8 Å². The summed E-state index contributed by atoms with van der Waals surface area (Å²) in [6.07, 6.45) is 2.41. The van der Waals surface area contributed by atoms with Gasteiger partial charge in [0.1, 0.15) is 5.82 Å². The van der Waals surface area contributed by atoms with Gasteiger partial charge in [0, 0.05) is 16.5 Å². The van der Waals surface area contributed by atoms with Crippen molar-refractivity contribution in [3.8, 4) is 0 Å². The largest absolute Gasteiger partial charge is 0.481 e. The van der Waals surface area contributed by atoms with Crippen molar-refractivity contribution < 1.29 is 19.1 Å². The summed E-state index contributed by atoms with van der Waals surface area (Å²) >= 11 is 1.93. The van der Waals surface area contributed by atoms with Crippen LogP contribution in [0.15, 0.2) is 18.2 Å². The Morgan fingerprint density at radius 2 is 2.10 bits per heavy atom. The zero-order chi connectivity index (χ0) is 15.8. The minimum atomic E-state index is -0.793. The molecule has 0 aliphatic heterocycles. The van der Waals surface area contributed by atoms with Crippen molar-refractivity contribution >= 4 is 34.5 Å². The van der Waals surface area contributed by atoms with Crippen LogP contribution in [0.4, 0.5) is 4.39 Å². The number of carbonyl (C=O) groups excluding carboxylic acids is 1. The van der Waals surface area contributed by atoms with Crippen molar-refractivity contribution in [1.29, 1.82) is 0 Å². The second-order valence-electron chi connectivity index (χ2n) is 4.88. The molecule has 1 unspecified atom stereocenters. The maximum absolute atomic E-state index is 13.0. The van der Waals surface area contributed by atoms with Gasteiger partial charge >= 0.3 is 5.97 Å². The van der Waals surface area contributed by atoms with Crippen LogP contribution in [0.1, 0.15) is 43.0 Å². The fourth-order valence-electron chi connectivity index (χ4n) is 2.04. The van der Waals surface area contributed by atoms with Crippen LogP contribution in [0.25, 0.3) is 0 Å². The molecule has 0 saturated carbocycles. The number of nitrogens with one attached hydrogen (secondary N) is 1. The third-order valence-electron chi connectivity index (χ3n) is 3.36. The first-order valence-electron chi connectivity index (χ1n) is 6.89. The minimum Gasteiger partial charge on any atom is -0.481 e. The molecule has 1 aromatic carbocycles. The quantitative estimate of drug-likeness (QED) is 0.649. The summed E-state index contributed by atoms with van der Waals surface area (Å²) < 4.78 is 13.6. The lowest BCUT2D eigenvalue weighted by molar-refractivity contribution is -0.137. The third-order valence-corrected chi connectivity index (χ3v) is 4.25. The van der Waals surface area contributed by atoms with Crippen LogP contribution in [-0.4, -0.2) is 23.5 Å². The molecule has 21 heavy (non-hydrogen) atoms. The van der Waals surface area contributed by atoms with Gasteiger partial charge in [-0.05, 0) is 59.5 Å². The Balaban J connectivity index is 2.43. The molecule has 0 spiro atoms. The van der Waals surface area contributed by atoms with Crippen LogP contribution in [0.5, 0.6) is 0 Å². The summed E-state index contributed by atoms with van der Waals surface area (Å²) in [5.41, 5.74) is 0.454. The van der Waals surface area contributed by atoms with E-state index in [2.05, 4.69) is 5.32 Å². The lowest BCUT2D eigenvalue weighted by Gasteiger charge is -2.14. The van der Waals surface area contributed by atoms with Gasteiger partial charge in [-0.15, -0.1) is 0 Å². The predicted octanol–water partition coefficient (Wildman–Crippen LogP) is 3.44. The third kappa shape index (κ3) is 6.41. The van der Waals surface area contributed by atoms with E-state index < -0.39 is 5.97 Å². The van der Waals surface area contributed by atoms with Gasteiger partial charge in [-0.1, -0.05) is 13.3 Å². The molecule has 0 saturated heterocycles. The molecule has 0 radical (unpaired) electrons. The van der Waals surface area contributed by atoms with Crippen molar-refractivity contribution in [2.75, 3.05) is 6.54 Å². The Kier molecular flexibility index (Phi) is 7.63. The molecule has 0 heterocycles. The van der Waals surface area contributed by atoms with Gasteiger partial charge in [0.2, 0.25) is 0 Å². The number of hydrogen-bond donors (Lipinski definition) is 2. The summed E-state index contributed by atoms with van der Waals surface area (Å²) in [7, 11) is 0. The first-order chi connectivity index (χ1) is 9.93. The van der Waals surface area contributed by atoms with Crippen LogP contribution < -0.4 is 5.32 Å². The number of amides is 1. The van der Waals surface area contributed by atoms with Crippen LogP contribution in [-0.2, 0) is 4.79 Å². The number of benzene rings is 1. The molecule has 0 bridgehead atoms. The molecular formula is C15H19FINO3. The summed E-state index contributed by atoms with van der Waals surface area (Å²) in [6.45, 7) is 2.50. The van der Waals surface area contributed by atoms with Crippen molar-refractivity contribution in [2.24, 2.45) is 5.92 Å². The monoisotopic (exact) mass is 407 g/mol. The SMILES string of the molecule is CCC(CCNC(=O)c1ccc(F)cc1I)CCC(=O)O. The molecule has 6 heteroatoms. The molecule has 0 aliphatic rings. The Morgan fingerprint density at radius 3 is 2.67 bits per heavy atom. The molecule has 0 aliphatic carbocycles. The van der Waals surface area contributed by atoms with Gasteiger partial charge in [0.05, 0.1) is 5.56 Å². The topological polar surface area (TPSA) is 66.4 Å². The van der Waals surface area contributed by atoms with Crippen LogP contribution in [0.3, 0.4) is 0 Å². The van der Waals surface area contributed by atoms with E-state index in [9.17, 15) is 14.0 Å². The van der Waals surface area contributed by atoms with Gasteiger partial charge in [0.15, 0.2) is 0 Å². The highest BCUT2D eigenvalue weighted by molar-refractivity contribution is 14.1. The zero-order valence-corrected chi connectivity index (χ0v) is 14.0. The van der Waals surface area contributed by atoms with Gasteiger partial charge in [0.25, 0.3) is 5.91 Å². The second-order valence-corrected chi connectivity index (χ2v) is 6.04. The molecule has 0 aromatic heterocycles. The number of rotatable bonds is 8. The van der Waals surface area contributed by atoms with Crippen molar-refractivity contribution in [2.45, 2.75) is 32.6 Å². The molecule has 0 fully saturated rings. The van der Waals surface area contributed by atoms with E-state index in [1.165, 1.54) is 18.2 Å². The Bertz CT molecular complexity index is 508. The average Bonchev–Trinajstić information content (AvgIpc) is 2.42. The van der Waals surface area contributed by atoms with Gasteiger partial charge in [-0.25, -0.2) is 4.39 Å². The molecule has 2 N–H and O–H groups in total. The summed E-state index contributed by atoms with van der Waals surface area (Å²) in [6, 6.07) is 4.05. The molecule has 116 valence electrons. The normalized spacial score (nSPS) is 12.0. The Labute approximate surface area is 137 Å². The average molecular weight is 407 g/mol. The number of carboxylic acids is 1. The maximum Gasteiger partial charge on any atom is 0.303 e. The van der Waals surface area contributed by atoms with E-state index in [4.69, 9.17) is 5.11 Å². The molecule has 1 aromatic rings.